The quantitative estimate of drug-likeness (QED) is 0.849. The van der Waals surface area contributed by atoms with Crippen LogP contribution in [0.15, 0.2) is 30.0 Å². The number of carbonyl (C=O) groups is 2. The zero-order valence-electron chi connectivity index (χ0n) is 12.6. The van der Waals surface area contributed by atoms with Crippen LogP contribution in [-0.2, 0) is 0 Å². The van der Waals surface area contributed by atoms with Crippen LogP contribution in [-0.4, -0.2) is 40.0 Å². The van der Waals surface area contributed by atoms with Crippen LogP contribution in [0.4, 0.5) is 0 Å². The molecule has 112 valence electrons. The van der Waals surface area contributed by atoms with Gasteiger partial charge in [0.05, 0.1) is 0 Å². The first-order valence-corrected chi connectivity index (χ1v) is 6.97. The van der Waals surface area contributed by atoms with E-state index in [1.165, 1.54) is 17.8 Å². The van der Waals surface area contributed by atoms with E-state index < -0.39 is 5.97 Å². The Bertz CT molecular complexity index is 600. The lowest BCUT2D eigenvalue weighted by Crippen LogP contribution is -2.36. The first-order chi connectivity index (χ1) is 9.79. The maximum Gasteiger partial charge on any atom is 0.354 e. The van der Waals surface area contributed by atoms with E-state index in [-0.39, 0.29) is 17.0 Å². The first kappa shape index (κ1) is 15.2. The molecule has 0 unspecified atom stereocenters. The minimum atomic E-state index is -1.13. The van der Waals surface area contributed by atoms with Crippen LogP contribution in [0.2, 0.25) is 0 Å². The Morgan fingerprint density at radius 2 is 2.05 bits per heavy atom. The van der Waals surface area contributed by atoms with Crippen molar-refractivity contribution in [1.29, 1.82) is 0 Å². The lowest BCUT2D eigenvalue weighted by Gasteiger charge is -2.32. The molecule has 0 saturated heterocycles. The van der Waals surface area contributed by atoms with E-state index in [2.05, 4.69) is 31.8 Å². The highest BCUT2D eigenvalue weighted by Gasteiger charge is 2.24. The van der Waals surface area contributed by atoms with Gasteiger partial charge in [0.15, 0.2) is 0 Å². The van der Waals surface area contributed by atoms with Crippen molar-refractivity contribution in [2.75, 3.05) is 13.1 Å². The second kappa shape index (κ2) is 5.68. The van der Waals surface area contributed by atoms with Crippen LogP contribution in [0.1, 0.15) is 48.0 Å². The fourth-order valence-corrected chi connectivity index (χ4v) is 2.40. The predicted octanol–water partition coefficient (Wildman–Crippen LogP) is 2.60. The topological polar surface area (TPSA) is 70.5 Å². The Hall–Kier alpha value is -2.17. The van der Waals surface area contributed by atoms with E-state index in [0.717, 1.165) is 6.42 Å². The minimum Gasteiger partial charge on any atom is -0.477 e. The number of aromatic nitrogens is 1. The second-order valence-corrected chi connectivity index (χ2v) is 6.22. The molecule has 1 N–H and O–H groups in total. The van der Waals surface area contributed by atoms with Gasteiger partial charge in [-0.15, -0.1) is 0 Å². The van der Waals surface area contributed by atoms with Crippen molar-refractivity contribution >= 4 is 11.9 Å². The van der Waals surface area contributed by atoms with Crippen molar-refractivity contribution in [3.8, 4) is 0 Å². The Morgan fingerprint density at radius 3 is 2.57 bits per heavy atom. The molecule has 1 aromatic heterocycles. The van der Waals surface area contributed by atoms with Gasteiger partial charge in [0.2, 0.25) is 0 Å². The number of amides is 1. The highest BCUT2D eigenvalue weighted by Crippen LogP contribution is 2.30. The van der Waals surface area contributed by atoms with Crippen LogP contribution < -0.4 is 0 Å². The minimum absolute atomic E-state index is 0.108. The zero-order chi connectivity index (χ0) is 15.6. The van der Waals surface area contributed by atoms with Crippen LogP contribution in [0, 0.1) is 5.41 Å². The maximum atomic E-state index is 12.4. The summed E-state index contributed by atoms with van der Waals surface area (Å²) in [7, 11) is 0. The molecular formula is C16H20N2O3. The predicted molar refractivity (Wildman–Crippen MR) is 79.3 cm³/mol. The van der Waals surface area contributed by atoms with Gasteiger partial charge < -0.3 is 10.0 Å². The number of hydrogen-bond acceptors (Lipinski definition) is 3. The SMILES string of the molecule is CC(C)(C)C1=CCN(C(=O)c2ccnc(C(=O)O)c2)CC1. The molecule has 0 atom stereocenters. The van der Waals surface area contributed by atoms with E-state index in [9.17, 15) is 9.59 Å². The molecule has 1 aliphatic heterocycles. The molecule has 21 heavy (non-hydrogen) atoms. The van der Waals surface area contributed by atoms with Crippen molar-refractivity contribution in [2.24, 2.45) is 5.41 Å². The highest BCUT2D eigenvalue weighted by atomic mass is 16.4. The molecule has 1 amide bonds. The van der Waals surface area contributed by atoms with Gasteiger partial charge in [0.25, 0.3) is 5.91 Å². The van der Waals surface area contributed by atoms with Crippen molar-refractivity contribution in [3.63, 3.8) is 0 Å². The molecule has 0 bridgehead atoms. The van der Waals surface area contributed by atoms with Crippen LogP contribution in [0.5, 0.6) is 0 Å². The molecule has 2 rings (SSSR count). The van der Waals surface area contributed by atoms with Gasteiger partial charge in [-0.3, -0.25) is 4.79 Å². The van der Waals surface area contributed by atoms with Crippen LogP contribution in [0.3, 0.4) is 0 Å². The van der Waals surface area contributed by atoms with Crippen molar-refractivity contribution < 1.29 is 14.7 Å². The number of rotatable bonds is 2. The highest BCUT2D eigenvalue weighted by molar-refractivity contribution is 5.96. The number of carbonyl (C=O) groups excluding carboxylic acids is 1. The lowest BCUT2D eigenvalue weighted by molar-refractivity contribution is 0.0690. The Labute approximate surface area is 124 Å². The van der Waals surface area contributed by atoms with Gasteiger partial charge >= 0.3 is 5.97 Å². The monoisotopic (exact) mass is 288 g/mol. The molecule has 1 aliphatic rings. The van der Waals surface area contributed by atoms with Gasteiger partial charge in [0, 0.05) is 24.8 Å². The number of carboxylic acid groups (broad SMARTS) is 1. The van der Waals surface area contributed by atoms with Crippen molar-refractivity contribution in [3.05, 3.63) is 41.2 Å². The van der Waals surface area contributed by atoms with E-state index in [0.29, 0.717) is 18.7 Å². The largest absolute Gasteiger partial charge is 0.477 e. The summed E-state index contributed by atoms with van der Waals surface area (Å²) in [5.74, 6) is -1.28. The molecular weight excluding hydrogens is 268 g/mol. The summed E-state index contributed by atoms with van der Waals surface area (Å²) in [6.45, 7) is 7.72. The third-order valence-electron chi connectivity index (χ3n) is 3.69. The number of nitrogens with zero attached hydrogens (tertiary/aromatic N) is 2. The van der Waals surface area contributed by atoms with E-state index in [1.807, 2.05) is 0 Å². The zero-order valence-corrected chi connectivity index (χ0v) is 12.6. The average molecular weight is 288 g/mol. The molecule has 0 spiro atoms. The third-order valence-corrected chi connectivity index (χ3v) is 3.69. The summed E-state index contributed by atoms with van der Waals surface area (Å²) >= 11 is 0. The molecule has 5 heteroatoms. The molecule has 1 aromatic rings. The second-order valence-electron chi connectivity index (χ2n) is 6.22. The summed E-state index contributed by atoms with van der Waals surface area (Å²) in [6.07, 6.45) is 4.31. The van der Waals surface area contributed by atoms with Crippen LogP contribution >= 0.6 is 0 Å². The normalized spacial score (nSPS) is 15.6. The standard InChI is InChI=1S/C16H20N2O3/c1-16(2,3)12-5-8-18(9-6-12)14(19)11-4-7-17-13(10-11)15(20)21/h4-5,7,10H,6,8-9H2,1-3H3,(H,20,21). The number of pyridine rings is 1. The van der Waals surface area contributed by atoms with Gasteiger partial charge in [-0.1, -0.05) is 32.4 Å². The van der Waals surface area contributed by atoms with Crippen molar-refractivity contribution in [2.45, 2.75) is 27.2 Å². The van der Waals surface area contributed by atoms with Gasteiger partial charge in [0.1, 0.15) is 5.69 Å². The average Bonchev–Trinajstić information content (AvgIpc) is 2.46. The number of carboxylic acids is 1. The number of hydrogen-bond donors (Lipinski definition) is 1. The lowest BCUT2D eigenvalue weighted by atomic mass is 9.83. The van der Waals surface area contributed by atoms with Gasteiger partial charge in [-0.05, 0) is 24.0 Å². The molecule has 5 nitrogen and oxygen atoms in total. The Balaban J connectivity index is 2.14. The molecule has 0 fully saturated rings. The molecule has 2 heterocycles. The molecule has 0 aromatic carbocycles. The Kier molecular flexibility index (Phi) is 4.11. The maximum absolute atomic E-state index is 12.4. The summed E-state index contributed by atoms with van der Waals surface area (Å²) < 4.78 is 0. The molecule has 0 saturated carbocycles. The fourth-order valence-electron chi connectivity index (χ4n) is 2.40. The summed E-state index contributed by atoms with van der Waals surface area (Å²) in [5, 5.41) is 8.93. The van der Waals surface area contributed by atoms with E-state index >= 15 is 0 Å². The smallest absolute Gasteiger partial charge is 0.354 e. The summed E-state index contributed by atoms with van der Waals surface area (Å²) in [6, 6.07) is 2.88. The first-order valence-electron chi connectivity index (χ1n) is 6.97. The van der Waals surface area contributed by atoms with Gasteiger partial charge in [-0.25, -0.2) is 9.78 Å². The van der Waals surface area contributed by atoms with E-state index in [4.69, 9.17) is 5.11 Å². The fraction of sp³-hybridized carbons (Fsp3) is 0.438. The van der Waals surface area contributed by atoms with Crippen molar-refractivity contribution in [1.82, 2.24) is 9.88 Å². The van der Waals surface area contributed by atoms with Crippen LogP contribution in [0.25, 0.3) is 0 Å². The van der Waals surface area contributed by atoms with E-state index in [1.54, 1.807) is 11.0 Å². The summed E-state index contributed by atoms with van der Waals surface area (Å²) in [5.41, 5.74) is 1.74. The summed E-state index contributed by atoms with van der Waals surface area (Å²) in [4.78, 5) is 28.8. The molecule has 0 radical (unpaired) electrons. The third kappa shape index (κ3) is 3.48. The van der Waals surface area contributed by atoms with Gasteiger partial charge in [-0.2, -0.15) is 0 Å². The Morgan fingerprint density at radius 1 is 1.33 bits per heavy atom. The number of aromatic carboxylic acids is 1. The molecule has 0 aliphatic carbocycles.